The smallest absolute Gasteiger partial charge is 0.241 e. The molecule has 1 heterocycles. The fourth-order valence-corrected chi connectivity index (χ4v) is 3.80. The first-order valence-corrected chi connectivity index (χ1v) is 9.02. The summed E-state index contributed by atoms with van der Waals surface area (Å²) in [5.41, 5.74) is 3.36. The van der Waals surface area contributed by atoms with E-state index in [9.17, 15) is 9.90 Å². The van der Waals surface area contributed by atoms with Crippen molar-refractivity contribution in [1.82, 2.24) is 10.3 Å². The summed E-state index contributed by atoms with van der Waals surface area (Å²) in [6, 6.07) is 3.61. The topological polar surface area (TPSA) is 74.2 Å². The molecule has 2 rings (SSSR count). The molecule has 0 spiro atoms. The predicted octanol–water partition coefficient (Wildman–Crippen LogP) is 1.77. The first-order chi connectivity index (χ1) is 10.6. The summed E-state index contributed by atoms with van der Waals surface area (Å²) in [6.45, 7) is 3.94. The molecule has 1 fully saturated rings. The molecule has 1 aliphatic rings. The maximum Gasteiger partial charge on any atom is 0.241 e. The zero-order valence-electron chi connectivity index (χ0n) is 11.9. The zero-order chi connectivity index (χ0) is 15.9. The largest absolute Gasteiger partial charge is 0.506 e. The molecule has 6 nitrogen and oxygen atoms in total. The Kier molecular flexibility index (Phi) is 7.31. The number of hydrogen-bond acceptors (Lipinski definition) is 5. The van der Waals surface area contributed by atoms with Crippen LogP contribution in [-0.4, -0.2) is 55.0 Å². The molecule has 0 aliphatic carbocycles. The molecule has 22 heavy (non-hydrogen) atoms. The van der Waals surface area contributed by atoms with E-state index in [0.717, 1.165) is 45.6 Å². The average Bonchev–Trinajstić information content (AvgIpc) is 2.51. The third-order valence-electron chi connectivity index (χ3n) is 3.20. The van der Waals surface area contributed by atoms with Crippen molar-refractivity contribution in [2.75, 3.05) is 32.8 Å². The lowest BCUT2D eigenvalue weighted by atomic mass is 10.2. The van der Waals surface area contributed by atoms with E-state index in [2.05, 4.69) is 60.6 Å². The van der Waals surface area contributed by atoms with E-state index in [1.54, 1.807) is 18.3 Å². The number of carbonyl (C=O) groups is 1. The summed E-state index contributed by atoms with van der Waals surface area (Å²) < 4.78 is 6.77. The Hall–Kier alpha value is -0.460. The highest BCUT2D eigenvalue weighted by Crippen LogP contribution is 2.26. The molecule has 0 aromatic heterocycles. The Morgan fingerprint density at radius 3 is 2.64 bits per heavy atom. The third-order valence-corrected chi connectivity index (χ3v) is 4.85. The molecule has 1 aromatic rings. The summed E-state index contributed by atoms with van der Waals surface area (Å²) in [6.07, 6.45) is 2.00. The SMILES string of the molecule is O=C(CCN1CCOCC1)NN=Cc1cc(I)c(O)c(I)c1. The highest BCUT2D eigenvalue weighted by Gasteiger charge is 2.11. The highest BCUT2D eigenvalue weighted by molar-refractivity contribution is 14.1. The summed E-state index contributed by atoms with van der Waals surface area (Å²) >= 11 is 4.12. The molecule has 0 atom stereocenters. The van der Waals surface area contributed by atoms with Crippen LogP contribution in [0.2, 0.25) is 0 Å². The fraction of sp³-hybridized carbons (Fsp3) is 0.429. The monoisotopic (exact) mass is 529 g/mol. The molecule has 1 saturated heterocycles. The van der Waals surface area contributed by atoms with Crippen molar-refractivity contribution in [1.29, 1.82) is 0 Å². The molecule has 1 amide bonds. The van der Waals surface area contributed by atoms with Crippen LogP contribution in [-0.2, 0) is 9.53 Å². The molecule has 1 aromatic carbocycles. The van der Waals surface area contributed by atoms with Gasteiger partial charge < -0.3 is 9.84 Å². The molecule has 120 valence electrons. The van der Waals surface area contributed by atoms with Crippen molar-refractivity contribution >= 4 is 57.3 Å². The van der Waals surface area contributed by atoms with Gasteiger partial charge >= 0.3 is 0 Å². The van der Waals surface area contributed by atoms with E-state index < -0.39 is 0 Å². The minimum absolute atomic E-state index is 0.106. The van der Waals surface area contributed by atoms with Crippen LogP contribution >= 0.6 is 45.2 Å². The van der Waals surface area contributed by atoms with Gasteiger partial charge in [0.25, 0.3) is 0 Å². The van der Waals surface area contributed by atoms with Crippen LogP contribution in [0, 0.1) is 7.14 Å². The second kappa shape index (κ2) is 8.99. The van der Waals surface area contributed by atoms with Gasteiger partial charge in [0.1, 0.15) is 5.75 Å². The summed E-state index contributed by atoms with van der Waals surface area (Å²) in [7, 11) is 0. The van der Waals surface area contributed by atoms with Gasteiger partial charge in [0.05, 0.1) is 26.6 Å². The van der Waals surface area contributed by atoms with Crippen LogP contribution in [0.25, 0.3) is 0 Å². The highest BCUT2D eigenvalue weighted by atomic mass is 127. The normalized spacial score (nSPS) is 16.1. The number of phenols is 1. The molecule has 0 bridgehead atoms. The van der Waals surface area contributed by atoms with E-state index in [-0.39, 0.29) is 11.7 Å². The van der Waals surface area contributed by atoms with Crippen LogP contribution in [0.5, 0.6) is 5.75 Å². The molecule has 2 N–H and O–H groups in total. The van der Waals surface area contributed by atoms with Gasteiger partial charge in [0.2, 0.25) is 5.91 Å². The predicted molar refractivity (Wildman–Crippen MR) is 101 cm³/mol. The maximum absolute atomic E-state index is 11.7. The Morgan fingerprint density at radius 1 is 1.36 bits per heavy atom. The minimum Gasteiger partial charge on any atom is -0.506 e. The number of nitrogens with one attached hydrogen (secondary N) is 1. The number of aromatic hydroxyl groups is 1. The Bertz CT molecular complexity index is 537. The average molecular weight is 529 g/mol. The van der Waals surface area contributed by atoms with E-state index in [0.29, 0.717) is 6.42 Å². The van der Waals surface area contributed by atoms with Crippen LogP contribution < -0.4 is 5.43 Å². The van der Waals surface area contributed by atoms with Gasteiger partial charge in [-0.05, 0) is 62.9 Å². The van der Waals surface area contributed by atoms with Crippen molar-refractivity contribution < 1.29 is 14.6 Å². The number of amides is 1. The van der Waals surface area contributed by atoms with Crippen molar-refractivity contribution in [2.45, 2.75) is 6.42 Å². The van der Waals surface area contributed by atoms with Crippen LogP contribution in [0.3, 0.4) is 0 Å². The quantitative estimate of drug-likeness (QED) is 0.347. The van der Waals surface area contributed by atoms with Gasteiger partial charge in [-0.1, -0.05) is 0 Å². The van der Waals surface area contributed by atoms with Gasteiger partial charge in [-0.25, -0.2) is 5.43 Å². The lowest BCUT2D eigenvalue weighted by Crippen LogP contribution is -2.38. The molecular formula is C14H17I2N3O3. The number of rotatable bonds is 5. The number of hydrazone groups is 1. The first-order valence-electron chi connectivity index (χ1n) is 6.86. The van der Waals surface area contributed by atoms with Crippen molar-refractivity contribution in [3.05, 3.63) is 24.8 Å². The van der Waals surface area contributed by atoms with Crippen LogP contribution in [0.15, 0.2) is 17.2 Å². The number of halogens is 2. The molecule has 0 radical (unpaired) electrons. The summed E-state index contributed by atoms with van der Waals surface area (Å²) in [5.74, 6) is 0.166. The van der Waals surface area contributed by atoms with Crippen molar-refractivity contribution in [3.63, 3.8) is 0 Å². The van der Waals surface area contributed by atoms with Gasteiger partial charge in [-0.15, -0.1) is 0 Å². The number of phenolic OH excluding ortho intramolecular Hbond substituents is 1. The lowest BCUT2D eigenvalue weighted by Gasteiger charge is -2.25. The fourth-order valence-electron chi connectivity index (χ4n) is 1.98. The second-order valence-corrected chi connectivity index (χ2v) is 7.15. The molecule has 1 aliphatic heterocycles. The van der Waals surface area contributed by atoms with E-state index in [1.165, 1.54) is 0 Å². The number of hydrogen-bond donors (Lipinski definition) is 2. The third kappa shape index (κ3) is 5.63. The van der Waals surface area contributed by atoms with Gasteiger partial charge in [-0.3, -0.25) is 9.69 Å². The molecule has 0 unspecified atom stereocenters. The van der Waals surface area contributed by atoms with Gasteiger partial charge in [0, 0.05) is 26.1 Å². The first kappa shape index (κ1) is 17.9. The lowest BCUT2D eigenvalue weighted by molar-refractivity contribution is -0.121. The number of morpholine rings is 1. The Balaban J connectivity index is 1.78. The number of benzene rings is 1. The minimum atomic E-state index is -0.106. The van der Waals surface area contributed by atoms with E-state index in [1.807, 2.05) is 0 Å². The van der Waals surface area contributed by atoms with E-state index in [4.69, 9.17) is 4.74 Å². The number of nitrogens with zero attached hydrogens (tertiary/aromatic N) is 2. The van der Waals surface area contributed by atoms with E-state index >= 15 is 0 Å². The second-order valence-electron chi connectivity index (χ2n) is 4.83. The molecule has 0 saturated carbocycles. The Labute approximate surface area is 156 Å². The summed E-state index contributed by atoms with van der Waals surface area (Å²) in [4.78, 5) is 13.9. The van der Waals surface area contributed by atoms with Gasteiger partial charge in [0.15, 0.2) is 0 Å². The number of carbonyl (C=O) groups excluding carboxylic acids is 1. The van der Waals surface area contributed by atoms with Gasteiger partial charge in [-0.2, -0.15) is 5.10 Å². The molecular weight excluding hydrogens is 512 g/mol. The van der Waals surface area contributed by atoms with Crippen molar-refractivity contribution in [2.24, 2.45) is 5.10 Å². The zero-order valence-corrected chi connectivity index (χ0v) is 16.2. The molecule has 8 heteroatoms. The Morgan fingerprint density at radius 2 is 2.00 bits per heavy atom. The maximum atomic E-state index is 11.7. The standard InChI is InChI=1S/C14H17I2N3O3/c15-11-7-10(8-12(16)14(11)21)9-17-18-13(20)1-2-19-3-5-22-6-4-19/h7-9,21H,1-6H2,(H,18,20). The number of ether oxygens (including phenoxy) is 1. The van der Waals surface area contributed by atoms with Crippen LogP contribution in [0.1, 0.15) is 12.0 Å². The summed E-state index contributed by atoms with van der Waals surface area (Å²) in [5, 5.41) is 13.7. The van der Waals surface area contributed by atoms with Crippen molar-refractivity contribution in [3.8, 4) is 5.75 Å². The van der Waals surface area contributed by atoms with Crippen LogP contribution in [0.4, 0.5) is 0 Å².